The molecule has 0 saturated carbocycles. The smallest absolute Gasteiger partial charge is 0.232 e. The largest absolute Gasteiger partial charge is 0.364 e. The lowest BCUT2D eigenvalue weighted by Crippen LogP contribution is -2.50. The first-order valence-electron chi connectivity index (χ1n) is 12.1. The second-order valence-electron chi connectivity index (χ2n) is 9.31. The zero-order valence-electron chi connectivity index (χ0n) is 21.0. The fourth-order valence-electron chi connectivity index (χ4n) is 4.62. The molecule has 1 fully saturated rings. The number of nitrogens with one attached hydrogen (secondary N) is 2. The standard InChI is InChI=1S/C26H30FN7O2S/c1-18-15-28-11-13-34(18)24-9-8-21(14-22(24)27)30-26-29-16-19-10-12-33(25(19)31-26)17-20-6-4-5-7-23(20)32(2)37(3,35)36/h4-10,12,14,16,18,28H,11,13,15,17H2,1-3H3,(H,29,30,31)/t18-/m0/s1. The number of aromatic nitrogens is 3. The maximum absolute atomic E-state index is 15.0. The summed E-state index contributed by atoms with van der Waals surface area (Å²) >= 11 is 0. The van der Waals surface area contributed by atoms with Crippen molar-refractivity contribution in [3.8, 4) is 0 Å². The fourth-order valence-corrected chi connectivity index (χ4v) is 5.15. The molecule has 9 nitrogen and oxygen atoms in total. The zero-order chi connectivity index (χ0) is 26.2. The number of benzene rings is 2. The van der Waals surface area contributed by atoms with Crippen LogP contribution in [-0.2, 0) is 16.6 Å². The van der Waals surface area contributed by atoms with Gasteiger partial charge in [-0.25, -0.2) is 17.8 Å². The molecule has 0 spiro atoms. The van der Waals surface area contributed by atoms with Gasteiger partial charge in [-0.3, -0.25) is 4.31 Å². The summed E-state index contributed by atoms with van der Waals surface area (Å²) in [5, 5.41) is 7.28. The highest BCUT2D eigenvalue weighted by Gasteiger charge is 2.21. The van der Waals surface area contributed by atoms with Gasteiger partial charge in [-0.15, -0.1) is 0 Å². The van der Waals surface area contributed by atoms with E-state index in [0.29, 0.717) is 35.2 Å². The number of piperazine rings is 1. The van der Waals surface area contributed by atoms with Crippen LogP contribution in [0.15, 0.2) is 60.9 Å². The van der Waals surface area contributed by atoms with Gasteiger partial charge in [0.25, 0.3) is 0 Å². The van der Waals surface area contributed by atoms with E-state index in [-0.39, 0.29) is 11.9 Å². The molecule has 0 unspecified atom stereocenters. The number of fused-ring (bicyclic) bond motifs is 1. The lowest BCUT2D eigenvalue weighted by atomic mass is 10.1. The molecule has 2 aromatic carbocycles. The van der Waals surface area contributed by atoms with E-state index in [4.69, 9.17) is 0 Å². The highest BCUT2D eigenvalue weighted by Crippen LogP contribution is 2.28. The molecule has 0 bridgehead atoms. The predicted molar refractivity (Wildman–Crippen MR) is 146 cm³/mol. The van der Waals surface area contributed by atoms with Crippen molar-refractivity contribution in [1.29, 1.82) is 0 Å². The molecule has 5 rings (SSSR count). The molecule has 3 heterocycles. The number of hydrogen-bond acceptors (Lipinski definition) is 7. The van der Waals surface area contributed by atoms with Crippen molar-refractivity contribution in [2.45, 2.75) is 19.5 Å². The molecular formula is C26H30FN7O2S. The van der Waals surface area contributed by atoms with E-state index in [1.165, 1.54) is 16.6 Å². The average Bonchev–Trinajstić information content (AvgIpc) is 3.26. The first kappa shape index (κ1) is 25.0. The molecule has 1 aliphatic rings. The van der Waals surface area contributed by atoms with E-state index in [1.54, 1.807) is 25.4 Å². The van der Waals surface area contributed by atoms with Crippen LogP contribution in [-0.4, -0.2) is 61.9 Å². The number of para-hydroxylation sites is 1. The van der Waals surface area contributed by atoms with E-state index in [1.807, 2.05) is 41.1 Å². The molecule has 1 saturated heterocycles. The number of halogens is 1. The molecule has 2 N–H and O–H groups in total. The van der Waals surface area contributed by atoms with Gasteiger partial charge in [-0.05, 0) is 42.8 Å². The van der Waals surface area contributed by atoms with Gasteiger partial charge < -0.3 is 20.1 Å². The van der Waals surface area contributed by atoms with Crippen molar-refractivity contribution >= 4 is 44.1 Å². The Balaban J connectivity index is 1.40. The van der Waals surface area contributed by atoms with Crippen LogP contribution in [0, 0.1) is 5.82 Å². The molecule has 1 atom stereocenters. The van der Waals surface area contributed by atoms with Crippen LogP contribution in [0.2, 0.25) is 0 Å². The fraction of sp³-hybridized carbons (Fsp3) is 0.308. The highest BCUT2D eigenvalue weighted by molar-refractivity contribution is 7.92. The summed E-state index contributed by atoms with van der Waals surface area (Å²) in [6.45, 7) is 4.90. The van der Waals surface area contributed by atoms with Crippen molar-refractivity contribution in [3.63, 3.8) is 0 Å². The van der Waals surface area contributed by atoms with Gasteiger partial charge in [0.15, 0.2) is 0 Å². The molecular weight excluding hydrogens is 493 g/mol. The Hall–Kier alpha value is -3.70. The SMILES string of the molecule is C[C@H]1CNCCN1c1ccc(Nc2ncc3ccn(Cc4ccccc4N(C)S(C)(=O)=O)c3n2)cc1F. The Kier molecular flexibility index (Phi) is 6.74. The minimum atomic E-state index is -3.41. The number of hydrogen-bond donors (Lipinski definition) is 2. The predicted octanol–water partition coefficient (Wildman–Crippen LogP) is 3.56. The summed E-state index contributed by atoms with van der Waals surface area (Å²) in [5.74, 6) is 0.0477. The van der Waals surface area contributed by atoms with Crippen molar-refractivity contribution in [2.75, 3.05) is 47.5 Å². The maximum Gasteiger partial charge on any atom is 0.232 e. The highest BCUT2D eigenvalue weighted by atomic mass is 32.2. The van der Waals surface area contributed by atoms with Gasteiger partial charge in [0, 0.05) is 56.2 Å². The molecule has 194 valence electrons. The van der Waals surface area contributed by atoms with Crippen molar-refractivity contribution in [1.82, 2.24) is 19.9 Å². The van der Waals surface area contributed by atoms with Gasteiger partial charge in [0.2, 0.25) is 16.0 Å². The first-order chi connectivity index (χ1) is 17.7. The van der Waals surface area contributed by atoms with Crippen LogP contribution >= 0.6 is 0 Å². The van der Waals surface area contributed by atoms with Crippen molar-refractivity contribution in [2.24, 2.45) is 0 Å². The second-order valence-corrected chi connectivity index (χ2v) is 11.3. The zero-order valence-corrected chi connectivity index (χ0v) is 21.8. The van der Waals surface area contributed by atoms with Crippen LogP contribution in [0.25, 0.3) is 11.0 Å². The monoisotopic (exact) mass is 523 g/mol. The van der Waals surface area contributed by atoms with Crippen LogP contribution in [0.5, 0.6) is 0 Å². The normalized spacial score (nSPS) is 16.2. The lowest BCUT2D eigenvalue weighted by Gasteiger charge is -2.36. The van der Waals surface area contributed by atoms with E-state index in [0.717, 1.165) is 30.6 Å². The van der Waals surface area contributed by atoms with Crippen molar-refractivity contribution in [3.05, 3.63) is 72.3 Å². The van der Waals surface area contributed by atoms with Crippen LogP contribution < -0.4 is 19.8 Å². The molecule has 37 heavy (non-hydrogen) atoms. The van der Waals surface area contributed by atoms with E-state index >= 15 is 4.39 Å². The van der Waals surface area contributed by atoms with Gasteiger partial charge >= 0.3 is 0 Å². The maximum atomic E-state index is 15.0. The van der Waals surface area contributed by atoms with E-state index in [2.05, 4.69) is 32.4 Å². The molecule has 1 aliphatic heterocycles. The molecule has 0 amide bonds. The number of sulfonamides is 1. The molecule has 11 heteroatoms. The lowest BCUT2D eigenvalue weighted by molar-refractivity contribution is 0.491. The van der Waals surface area contributed by atoms with Crippen LogP contribution in [0.1, 0.15) is 12.5 Å². The quantitative estimate of drug-likeness (QED) is 0.383. The van der Waals surface area contributed by atoms with Gasteiger partial charge in [-0.1, -0.05) is 18.2 Å². The minimum Gasteiger partial charge on any atom is -0.364 e. The second kappa shape index (κ2) is 9.98. The third-order valence-corrected chi connectivity index (χ3v) is 7.88. The Morgan fingerprint density at radius 3 is 2.78 bits per heavy atom. The first-order valence-corrected chi connectivity index (χ1v) is 13.9. The van der Waals surface area contributed by atoms with Crippen LogP contribution in [0.4, 0.5) is 27.4 Å². The summed E-state index contributed by atoms with van der Waals surface area (Å²) in [7, 11) is -1.87. The molecule has 4 aromatic rings. The van der Waals surface area contributed by atoms with Gasteiger partial charge in [-0.2, -0.15) is 4.98 Å². The summed E-state index contributed by atoms with van der Waals surface area (Å²) in [6.07, 6.45) is 4.78. The Morgan fingerprint density at radius 2 is 2.03 bits per heavy atom. The summed E-state index contributed by atoms with van der Waals surface area (Å²) in [6, 6.07) is 14.6. The Bertz CT molecular complexity index is 1540. The summed E-state index contributed by atoms with van der Waals surface area (Å²) in [5.41, 5.74) is 3.26. The molecule has 0 radical (unpaired) electrons. The van der Waals surface area contributed by atoms with E-state index < -0.39 is 10.0 Å². The minimum absolute atomic E-state index is 0.211. The topological polar surface area (TPSA) is 95.4 Å². The summed E-state index contributed by atoms with van der Waals surface area (Å²) < 4.78 is 42.5. The van der Waals surface area contributed by atoms with Gasteiger partial charge in [0.1, 0.15) is 11.5 Å². The number of rotatable bonds is 7. The Labute approximate surface area is 216 Å². The average molecular weight is 524 g/mol. The third kappa shape index (κ3) is 5.23. The van der Waals surface area contributed by atoms with Crippen molar-refractivity contribution < 1.29 is 12.8 Å². The number of anilines is 4. The third-order valence-electron chi connectivity index (χ3n) is 6.69. The molecule has 2 aromatic heterocycles. The Morgan fingerprint density at radius 1 is 1.22 bits per heavy atom. The summed E-state index contributed by atoms with van der Waals surface area (Å²) in [4.78, 5) is 11.1. The van der Waals surface area contributed by atoms with E-state index in [9.17, 15) is 8.42 Å². The number of nitrogens with zero attached hydrogens (tertiary/aromatic N) is 5. The molecule has 0 aliphatic carbocycles. The van der Waals surface area contributed by atoms with Crippen LogP contribution in [0.3, 0.4) is 0 Å². The van der Waals surface area contributed by atoms with Gasteiger partial charge in [0.05, 0.1) is 24.2 Å².